The van der Waals surface area contributed by atoms with Crippen molar-refractivity contribution in [1.29, 1.82) is 0 Å². The predicted molar refractivity (Wildman–Crippen MR) is 121 cm³/mol. The van der Waals surface area contributed by atoms with E-state index in [2.05, 4.69) is 23.7 Å². The normalized spacial score (nSPS) is 35.0. The Bertz CT molecular complexity index is 1020. The summed E-state index contributed by atoms with van der Waals surface area (Å²) in [5, 5.41) is 12.6. The first-order valence-corrected chi connectivity index (χ1v) is 12.1. The fourth-order valence-corrected chi connectivity index (χ4v) is 7.24. The van der Waals surface area contributed by atoms with Crippen LogP contribution >= 0.6 is 11.6 Å². The zero-order chi connectivity index (χ0) is 21.5. The average molecular weight is 443 g/mol. The Labute approximate surface area is 188 Å². The van der Waals surface area contributed by atoms with E-state index in [0.717, 1.165) is 67.2 Å². The van der Waals surface area contributed by atoms with Gasteiger partial charge < -0.3 is 19.7 Å². The zero-order valence-corrected chi connectivity index (χ0v) is 19.0. The van der Waals surface area contributed by atoms with E-state index in [0.29, 0.717) is 11.4 Å². The molecule has 5 fully saturated rings. The smallest absolute Gasteiger partial charge is 0.223 e. The number of piperidine rings is 2. The second kappa shape index (κ2) is 6.64. The molecule has 4 bridgehead atoms. The molecule has 3 heterocycles. The van der Waals surface area contributed by atoms with Crippen LogP contribution in [0.15, 0.2) is 18.3 Å². The van der Waals surface area contributed by atoms with E-state index >= 15 is 0 Å². The predicted octanol–water partition coefficient (Wildman–Crippen LogP) is 5.15. The van der Waals surface area contributed by atoms with Crippen LogP contribution in [0.4, 0.5) is 0 Å². The number of nitrogens with zero attached hydrogens (tertiary/aromatic N) is 1. The number of hydrogen-bond acceptors (Lipinski definition) is 3. The maximum Gasteiger partial charge on any atom is 0.223 e. The molecular weight excluding hydrogens is 412 g/mol. The van der Waals surface area contributed by atoms with Crippen molar-refractivity contribution in [2.24, 2.45) is 5.41 Å². The summed E-state index contributed by atoms with van der Waals surface area (Å²) in [7, 11) is 0. The van der Waals surface area contributed by atoms with Gasteiger partial charge in [-0.2, -0.15) is 0 Å². The van der Waals surface area contributed by atoms with E-state index in [1.54, 1.807) is 0 Å². The molecule has 5 aliphatic rings. The SMILES string of the molecule is CC(CC(=O)N1C2CC3(C)CC1CC(O)(C2)C3)c1c[nH]c2ccc(Cl)c(OC3CC3)c12. The molecule has 2 aromatic rings. The Hall–Kier alpha value is -1.72. The molecule has 2 saturated heterocycles. The van der Waals surface area contributed by atoms with E-state index < -0.39 is 5.60 Å². The van der Waals surface area contributed by atoms with Crippen LogP contribution in [0.25, 0.3) is 10.9 Å². The summed E-state index contributed by atoms with van der Waals surface area (Å²) in [5.41, 5.74) is 1.72. The summed E-state index contributed by atoms with van der Waals surface area (Å²) in [6.45, 7) is 4.41. The van der Waals surface area contributed by atoms with Crippen LogP contribution in [-0.4, -0.2) is 44.7 Å². The summed E-state index contributed by atoms with van der Waals surface area (Å²) >= 11 is 6.51. The number of ether oxygens (including phenoxy) is 1. The molecule has 3 unspecified atom stereocenters. The molecule has 31 heavy (non-hydrogen) atoms. The van der Waals surface area contributed by atoms with Crippen molar-refractivity contribution in [3.63, 3.8) is 0 Å². The van der Waals surface area contributed by atoms with Crippen molar-refractivity contribution < 1.29 is 14.6 Å². The van der Waals surface area contributed by atoms with Crippen LogP contribution in [0.2, 0.25) is 5.02 Å². The number of amides is 1. The van der Waals surface area contributed by atoms with Crippen molar-refractivity contribution in [2.45, 2.75) is 94.9 Å². The van der Waals surface area contributed by atoms with Crippen LogP contribution in [0.3, 0.4) is 0 Å². The summed E-state index contributed by atoms with van der Waals surface area (Å²) < 4.78 is 6.16. The number of aliphatic hydroxyl groups is 1. The molecule has 7 rings (SSSR count). The fraction of sp³-hybridized carbons (Fsp3) is 0.640. The third-order valence-corrected chi connectivity index (χ3v) is 8.42. The minimum absolute atomic E-state index is 0.0529. The van der Waals surface area contributed by atoms with E-state index in [9.17, 15) is 9.90 Å². The number of aromatic amines is 1. The lowest BCUT2D eigenvalue weighted by Gasteiger charge is -2.63. The van der Waals surface area contributed by atoms with Gasteiger partial charge in [-0.3, -0.25) is 4.79 Å². The Morgan fingerprint density at radius 2 is 2.00 bits per heavy atom. The molecule has 1 aromatic heterocycles. The van der Waals surface area contributed by atoms with Crippen LogP contribution in [0, 0.1) is 5.41 Å². The molecule has 1 amide bonds. The minimum Gasteiger partial charge on any atom is -0.488 e. The first-order chi connectivity index (χ1) is 14.7. The lowest BCUT2D eigenvalue weighted by Crippen LogP contribution is -2.68. The topological polar surface area (TPSA) is 65.6 Å². The maximum absolute atomic E-state index is 13.5. The second-order valence-electron chi connectivity index (χ2n) is 11.1. The molecule has 3 atom stereocenters. The van der Waals surface area contributed by atoms with Crippen molar-refractivity contribution in [3.8, 4) is 5.75 Å². The number of rotatable bonds is 5. The van der Waals surface area contributed by atoms with Gasteiger partial charge in [0.2, 0.25) is 5.91 Å². The number of nitrogens with one attached hydrogen (secondary N) is 1. The lowest BCUT2D eigenvalue weighted by atomic mass is 9.54. The molecule has 3 aliphatic carbocycles. The number of benzene rings is 1. The quantitative estimate of drug-likeness (QED) is 0.672. The molecule has 0 radical (unpaired) electrons. The number of H-pyrrole nitrogens is 1. The van der Waals surface area contributed by atoms with E-state index in [4.69, 9.17) is 16.3 Å². The van der Waals surface area contributed by atoms with Crippen LogP contribution in [0.5, 0.6) is 5.75 Å². The van der Waals surface area contributed by atoms with E-state index in [1.165, 1.54) is 0 Å². The summed E-state index contributed by atoms with van der Waals surface area (Å²) in [5.74, 6) is 1.02. The highest BCUT2D eigenvalue weighted by Gasteiger charge is 2.59. The van der Waals surface area contributed by atoms with Gasteiger partial charge in [0.25, 0.3) is 0 Å². The largest absolute Gasteiger partial charge is 0.488 e. The van der Waals surface area contributed by atoms with Gasteiger partial charge in [0, 0.05) is 35.6 Å². The highest BCUT2D eigenvalue weighted by Crippen LogP contribution is 2.57. The highest BCUT2D eigenvalue weighted by atomic mass is 35.5. The number of hydrogen-bond donors (Lipinski definition) is 2. The maximum atomic E-state index is 13.5. The number of fused-ring (bicyclic) bond motifs is 1. The van der Waals surface area contributed by atoms with Gasteiger partial charge in [-0.15, -0.1) is 0 Å². The van der Waals surface area contributed by atoms with Crippen LogP contribution in [0.1, 0.15) is 76.7 Å². The van der Waals surface area contributed by atoms with Gasteiger partial charge >= 0.3 is 0 Å². The first-order valence-electron chi connectivity index (χ1n) is 11.7. The summed E-state index contributed by atoms with van der Waals surface area (Å²) in [6.07, 6.45) is 9.29. The van der Waals surface area contributed by atoms with Crippen molar-refractivity contribution in [2.75, 3.05) is 0 Å². The Balaban J connectivity index is 1.26. The standard InChI is InChI=1S/C25H31ClN2O3/c1-14(18-12-27-20-6-5-19(26)23(22(18)20)31-17-3-4-17)7-21(29)28-15-8-24(2)9-16(28)11-25(30,10-15)13-24/h5-6,12,14-17,27,30H,3-4,7-11,13H2,1-2H3. The Kier molecular flexibility index (Phi) is 4.27. The van der Waals surface area contributed by atoms with Crippen molar-refractivity contribution in [3.05, 3.63) is 28.9 Å². The van der Waals surface area contributed by atoms with Gasteiger partial charge in [0.15, 0.2) is 0 Å². The molecule has 3 saturated carbocycles. The molecule has 5 nitrogen and oxygen atoms in total. The number of carbonyl (C=O) groups is 1. The van der Waals surface area contributed by atoms with Crippen LogP contribution < -0.4 is 4.74 Å². The molecular formula is C25H31ClN2O3. The number of halogens is 1. The first kappa shape index (κ1) is 19.9. The molecule has 2 N–H and O–H groups in total. The molecule has 166 valence electrons. The molecule has 6 heteroatoms. The molecule has 2 aliphatic heterocycles. The minimum atomic E-state index is -0.564. The number of carbonyl (C=O) groups excluding carboxylic acids is 1. The van der Waals surface area contributed by atoms with Gasteiger partial charge in [-0.1, -0.05) is 25.4 Å². The third kappa shape index (κ3) is 3.27. The number of aromatic nitrogens is 1. The van der Waals surface area contributed by atoms with Crippen molar-refractivity contribution in [1.82, 2.24) is 9.88 Å². The summed E-state index contributed by atoms with van der Waals surface area (Å²) in [6, 6.07) is 4.23. The molecule has 0 spiro atoms. The van der Waals surface area contributed by atoms with Crippen molar-refractivity contribution >= 4 is 28.4 Å². The Morgan fingerprint density at radius 1 is 1.29 bits per heavy atom. The lowest BCUT2D eigenvalue weighted by molar-refractivity contribution is -0.193. The van der Waals surface area contributed by atoms with Gasteiger partial charge in [-0.05, 0) is 74.0 Å². The zero-order valence-electron chi connectivity index (χ0n) is 18.3. The monoisotopic (exact) mass is 442 g/mol. The van der Waals surface area contributed by atoms with Gasteiger partial charge in [0.05, 0.1) is 16.7 Å². The van der Waals surface area contributed by atoms with E-state index in [-0.39, 0.29) is 35.4 Å². The highest BCUT2D eigenvalue weighted by molar-refractivity contribution is 6.33. The summed E-state index contributed by atoms with van der Waals surface area (Å²) in [4.78, 5) is 19.0. The van der Waals surface area contributed by atoms with E-state index in [1.807, 2.05) is 18.3 Å². The fourth-order valence-electron chi connectivity index (χ4n) is 7.03. The average Bonchev–Trinajstić information content (AvgIpc) is 3.37. The second-order valence-corrected chi connectivity index (χ2v) is 11.5. The molecule has 1 aromatic carbocycles. The van der Waals surface area contributed by atoms with Gasteiger partial charge in [0.1, 0.15) is 5.75 Å². The van der Waals surface area contributed by atoms with Crippen LogP contribution in [-0.2, 0) is 4.79 Å². The Morgan fingerprint density at radius 3 is 2.65 bits per heavy atom. The third-order valence-electron chi connectivity index (χ3n) is 8.12. The van der Waals surface area contributed by atoms with Gasteiger partial charge in [-0.25, -0.2) is 0 Å².